The highest BCUT2D eigenvalue weighted by Gasteiger charge is 2.14. The van der Waals surface area contributed by atoms with Crippen molar-refractivity contribution < 1.29 is 0 Å². The molecule has 1 unspecified atom stereocenters. The first kappa shape index (κ1) is 11.2. The van der Waals surface area contributed by atoms with Gasteiger partial charge in [0.2, 0.25) is 0 Å². The van der Waals surface area contributed by atoms with Crippen LogP contribution >= 0.6 is 24.5 Å². The molecule has 0 spiro atoms. The van der Waals surface area contributed by atoms with E-state index >= 15 is 0 Å². The van der Waals surface area contributed by atoms with Gasteiger partial charge in [-0.1, -0.05) is 57.4 Å². The van der Waals surface area contributed by atoms with Gasteiger partial charge in [0, 0.05) is 4.47 Å². The highest BCUT2D eigenvalue weighted by atomic mass is 79.9. The standard InChI is InChI=1S/C11H16BrP/c1-4-11(2,3)13-10-7-5-9(12)6-8-10/h5-8,13H,4H2,1-3H3. The van der Waals surface area contributed by atoms with Crippen molar-refractivity contribution in [2.75, 3.05) is 0 Å². The van der Waals surface area contributed by atoms with Gasteiger partial charge in [0.05, 0.1) is 0 Å². The molecule has 0 bridgehead atoms. The van der Waals surface area contributed by atoms with Crippen LogP contribution in [0.25, 0.3) is 0 Å². The van der Waals surface area contributed by atoms with Crippen LogP contribution in [0.3, 0.4) is 0 Å². The summed E-state index contributed by atoms with van der Waals surface area (Å²) >= 11 is 3.45. The summed E-state index contributed by atoms with van der Waals surface area (Å²) in [6.45, 7) is 6.91. The maximum atomic E-state index is 3.45. The lowest BCUT2D eigenvalue weighted by atomic mass is 10.1. The maximum absolute atomic E-state index is 3.45. The maximum Gasteiger partial charge on any atom is 0.0175 e. The molecule has 1 atom stereocenters. The summed E-state index contributed by atoms with van der Waals surface area (Å²) in [5, 5.41) is 1.91. The number of rotatable bonds is 3. The zero-order valence-corrected chi connectivity index (χ0v) is 11.0. The highest BCUT2D eigenvalue weighted by molar-refractivity contribution is 9.10. The number of hydrogen-bond acceptors (Lipinski definition) is 0. The fourth-order valence-electron chi connectivity index (χ4n) is 1.01. The van der Waals surface area contributed by atoms with Crippen molar-refractivity contribution in [1.82, 2.24) is 0 Å². The Balaban J connectivity index is 2.69. The molecule has 0 aliphatic carbocycles. The van der Waals surface area contributed by atoms with Crippen molar-refractivity contribution >= 4 is 29.8 Å². The second kappa shape index (κ2) is 4.57. The van der Waals surface area contributed by atoms with Crippen molar-refractivity contribution in [3.05, 3.63) is 28.7 Å². The van der Waals surface area contributed by atoms with Crippen LogP contribution < -0.4 is 5.30 Å². The minimum Gasteiger partial charge on any atom is -0.0846 e. The summed E-state index contributed by atoms with van der Waals surface area (Å²) in [7, 11) is 0.907. The predicted molar refractivity (Wildman–Crippen MR) is 66.5 cm³/mol. The van der Waals surface area contributed by atoms with E-state index in [0.717, 1.165) is 13.1 Å². The third-order valence-electron chi connectivity index (χ3n) is 2.21. The monoisotopic (exact) mass is 258 g/mol. The Morgan fingerprint density at radius 3 is 2.23 bits per heavy atom. The molecule has 0 nitrogen and oxygen atoms in total. The molecule has 2 heteroatoms. The minimum atomic E-state index is 0.452. The van der Waals surface area contributed by atoms with Crippen LogP contribution in [0, 0.1) is 0 Å². The van der Waals surface area contributed by atoms with Crippen molar-refractivity contribution in [2.45, 2.75) is 32.3 Å². The molecule has 0 saturated heterocycles. The molecular formula is C11H16BrP. The summed E-state index contributed by atoms with van der Waals surface area (Å²) in [6.07, 6.45) is 1.24. The Kier molecular flexibility index (Phi) is 3.94. The van der Waals surface area contributed by atoms with Gasteiger partial charge < -0.3 is 0 Å². The molecular weight excluding hydrogens is 243 g/mol. The summed E-state index contributed by atoms with van der Waals surface area (Å²) in [5.41, 5.74) is 0. The van der Waals surface area contributed by atoms with Crippen LogP contribution in [0.5, 0.6) is 0 Å². The summed E-state index contributed by atoms with van der Waals surface area (Å²) in [5.74, 6) is 0. The van der Waals surface area contributed by atoms with Gasteiger partial charge in [-0.3, -0.25) is 0 Å². The van der Waals surface area contributed by atoms with Gasteiger partial charge in [-0.05, 0) is 29.0 Å². The second-order valence-corrected chi connectivity index (χ2v) is 6.97. The largest absolute Gasteiger partial charge is 0.0846 e. The number of halogens is 1. The van der Waals surface area contributed by atoms with E-state index in [-0.39, 0.29) is 0 Å². The highest BCUT2D eigenvalue weighted by Crippen LogP contribution is 2.33. The Bertz CT molecular complexity index is 264. The normalized spacial score (nSPS) is 12.6. The molecule has 0 fully saturated rings. The van der Waals surface area contributed by atoms with Gasteiger partial charge in [0.15, 0.2) is 0 Å². The lowest BCUT2D eigenvalue weighted by molar-refractivity contribution is 0.681. The lowest BCUT2D eigenvalue weighted by Crippen LogP contribution is -2.14. The molecule has 0 aliphatic heterocycles. The molecule has 1 aromatic carbocycles. The molecule has 0 heterocycles. The number of hydrogen-bond donors (Lipinski definition) is 0. The van der Waals surface area contributed by atoms with Crippen molar-refractivity contribution in [3.8, 4) is 0 Å². The molecule has 13 heavy (non-hydrogen) atoms. The van der Waals surface area contributed by atoms with E-state index in [1.807, 2.05) is 0 Å². The van der Waals surface area contributed by atoms with Gasteiger partial charge >= 0.3 is 0 Å². The Morgan fingerprint density at radius 2 is 1.77 bits per heavy atom. The van der Waals surface area contributed by atoms with E-state index < -0.39 is 0 Å². The first-order valence-electron chi connectivity index (χ1n) is 4.57. The average molecular weight is 259 g/mol. The first-order valence-corrected chi connectivity index (χ1v) is 6.36. The molecule has 0 aliphatic rings. The van der Waals surface area contributed by atoms with E-state index in [9.17, 15) is 0 Å². The summed E-state index contributed by atoms with van der Waals surface area (Å²) in [4.78, 5) is 0. The smallest absolute Gasteiger partial charge is 0.0175 e. The third kappa shape index (κ3) is 3.79. The zero-order chi connectivity index (χ0) is 9.90. The molecule has 0 saturated carbocycles. The molecule has 1 aromatic rings. The van der Waals surface area contributed by atoms with Crippen LogP contribution in [-0.2, 0) is 0 Å². The fraction of sp³-hybridized carbons (Fsp3) is 0.455. The van der Waals surface area contributed by atoms with Gasteiger partial charge in [0.25, 0.3) is 0 Å². The number of benzene rings is 1. The molecule has 1 rings (SSSR count). The SMILES string of the molecule is CCC(C)(C)Pc1ccc(Br)cc1. The summed E-state index contributed by atoms with van der Waals surface area (Å²) < 4.78 is 1.16. The fourth-order valence-corrected chi connectivity index (χ4v) is 2.57. The van der Waals surface area contributed by atoms with Crippen LogP contribution in [0.4, 0.5) is 0 Å². The first-order chi connectivity index (χ1) is 6.03. The Labute approximate surface area is 91.0 Å². The molecule has 0 radical (unpaired) electrons. The minimum absolute atomic E-state index is 0.452. The van der Waals surface area contributed by atoms with Crippen molar-refractivity contribution in [3.63, 3.8) is 0 Å². The van der Waals surface area contributed by atoms with Gasteiger partial charge in [0.1, 0.15) is 0 Å². The average Bonchev–Trinajstić information content (AvgIpc) is 2.09. The van der Waals surface area contributed by atoms with Crippen LogP contribution in [0.15, 0.2) is 28.7 Å². The van der Waals surface area contributed by atoms with Gasteiger partial charge in [-0.25, -0.2) is 0 Å². The van der Waals surface area contributed by atoms with E-state index in [1.54, 1.807) is 0 Å². The van der Waals surface area contributed by atoms with E-state index in [2.05, 4.69) is 61.0 Å². The van der Waals surface area contributed by atoms with E-state index in [0.29, 0.717) is 5.16 Å². The Hall–Kier alpha value is 0.130. The Morgan fingerprint density at radius 1 is 1.23 bits per heavy atom. The molecule has 0 aromatic heterocycles. The topological polar surface area (TPSA) is 0 Å². The van der Waals surface area contributed by atoms with Crippen molar-refractivity contribution in [1.29, 1.82) is 0 Å². The third-order valence-corrected chi connectivity index (χ3v) is 4.39. The molecule has 72 valence electrons. The van der Waals surface area contributed by atoms with Crippen LogP contribution in [0.2, 0.25) is 0 Å². The van der Waals surface area contributed by atoms with Gasteiger partial charge in [-0.15, -0.1) is 0 Å². The van der Waals surface area contributed by atoms with Gasteiger partial charge in [-0.2, -0.15) is 0 Å². The van der Waals surface area contributed by atoms with Crippen LogP contribution in [-0.4, -0.2) is 5.16 Å². The second-order valence-electron chi connectivity index (χ2n) is 3.87. The van der Waals surface area contributed by atoms with E-state index in [4.69, 9.17) is 0 Å². The van der Waals surface area contributed by atoms with E-state index in [1.165, 1.54) is 11.7 Å². The molecule has 0 amide bonds. The predicted octanol–water partition coefficient (Wildman–Crippen LogP) is 3.94. The van der Waals surface area contributed by atoms with Crippen LogP contribution in [0.1, 0.15) is 27.2 Å². The zero-order valence-electron chi connectivity index (χ0n) is 8.39. The summed E-state index contributed by atoms with van der Waals surface area (Å²) in [6, 6.07) is 8.65. The molecule has 0 N–H and O–H groups in total. The quantitative estimate of drug-likeness (QED) is 0.721. The van der Waals surface area contributed by atoms with Crippen molar-refractivity contribution in [2.24, 2.45) is 0 Å². The lowest BCUT2D eigenvalue weighted by Gasteiger charge is -2.22.